The predicted octanol–water partition coefficient (Wildman–Crippen LogP) is -3.01. The maximum absolute atomic E-state index is 12.8. The summed E-state index contributed by atoms with van der Waals surface area (Å²) in [6.07, 6.45) is 1.45. The number of hydrogen-bond donors (Lipinski definition) is 8. The lowest BCUT2D eigenvalue weighted by Gasteiger charge is -2.18. The molecule has 30 heavy (non-hydrogen) atoms. The lowest BCUT2D eigenvalue weighted by atomic mass is 9.99. The van der Waals surface area contributed by atoms with Gasteiger partial charge in [0.1, 0.15) is 21.7 Å². The van der Waals surface area contributed by atoms with Crippen LogP contribution in [0.3, 0.4) is 0 Å². The van der Waals surface area contributed by atoms with Crippen LogP contribution in [0.25, 0.3) is 11.1 Å². The molecule has 0 spiro atoms. The number of aliphatic hydroxyl groups is 1. The highest BCUT2D eigenvalue weighted by Crippen LogP contribution is 2.34. The molecule has 2 atom stereocenters. The molecule has 0 fully saturated rings. The third-order valence-corrected chi connectivity index (χ3v) is 6.18. The van der Waals surface area contributed by atoms with E-state index in [0.717, 1.165) is 0 Å². The Morgan fingerprint density at radius 2 is 2.00 bits per heavy atom. The smallest absolute Gasteiger partial charge is 0.240 e. The first-order valence-corrected chi connectivity index (χ1v) is 11.0. The molecule has 0 saturated heterocycles. The van der Waals surface area contributed by atoms with E-state index in [2.05, 4.69) is 14.8 Å². The quantitative estimate of drug-likeness (QED) is 0.0819. The average Bonchev–Trinajstić information content (AvgIpc) is 2.70. The van der Waals surface area contributed by atoms with Gasteiger partial charge in [-0.05, 0) is 23.8 Å². The van der Waals surface area contributed by atoms with Crippen molar-refractivity contribution in [2.45, 2.75) is 15.8 Å². The monoisotopic (exact) mass is 457 g/mol. The number of benzene rings is 1. The number of primary sulfonamides is 1. The molecule has 1 heterocycles. The largest absolute Gasteiger partial charge is 0.395 e. The number of aliphatic hydroxyl groups excluding tert-OH is 1. The molecule has 15 heteroatoms. The highest BCUT2D eigenvalue weighted by atomic mass is 32.2. The van der Waals surface area contributed by atoms with Gasteiger partial charge < -0.3 is 22.3 Å². The normalized spacial score (nSPS) is 14.3. The van der Waals surface area contributed by atoms with Gasteiger partial charge in [0.2, 0.25) is 10.0 Å². The maximum atomic E-state index is 12.8. The molecule has 0 radical (unpaired) electrons. The van der Waals surface area contributed by atoms with Crippen LogP contribution in [0, 0.1) is 0 Å². The standard InChI is InChI=1S/C15H23N9O4S2/c16-8(7-25)6-22-29(26)11-4-3-9(10-2-1-5-21-14(10)17)12(15(18)23-24-19)13(11)30(20,27)28/h1-5,8,22,24-25H,6-7,16,19H2,(H2,17,21)(H2,18,23)(H2,20,27,28). The van der Waals surface area contributed by atoms with Gasteiger partial charge in [-0.25, -0.2) is 38.8 Å². The molecule has 0 aliphatic heterocycles. The number of hydrazone groups is 1. The van der Waals surface area contributed by atoms with Crippen LogP contribution in [0.4, 0.5) is 5.82 Å². The molecule has 2 rings (SSSR count). The molecule has 2 unspecified atom stereocenters. The van der Waals surface area contributed by atoms with Crippen LogP contribution in [0.15, 0.2) is 45.4 Å². The van der Waals surface area contributed by atoms with E-state index in [1.165, 1.54) is 18.3 Å². The SMILES string of the molecule is NN/N=C(\N)c1c(-c2cccnc2N)ccc(S(=O)NCC(N)CO)c1S(N)(=O)=O. The van der Waals surface area contributed by atoms with Crippen molar-refractivity contribution in [3.63, 3.8) is 0 Å². The Bertz CT molecular complexity index is 1080. The second-order valence-electron chi connectivity index (χ2n) is 5.98. The van der Waals surface area contributed by atoms with Gasteiger partial charge in [0, 0.05) is 29.9 Å². The Morgan fingerprint density at radius 1 is 1.30 bits per heavy atom. The highest BCUT2D eigenvalue weighted by Gasteiger charge is 2.28. The van der Waals surface area contributed by atoms with E-state index in [1.807, 2.05) is 5.53 Å². The first-order chi connectivity index (χ1) is 14.1. The Morgan fingerprint density at radius 3 is 2.57 bits per heavy atom. The molecule has 164 valence electrons. The summed E-state index contributed by atoms with van der Waals surface area (Å²) in [5.41, 5.74) is 19.9. The van der Waals surface area contributed by atoms with Crippen molar-refractivity contribution in [3.8, 4) is 11.1 Å². The van der Waals surface area contributed by atoms with E-state index >= 15 is 0 Å². The van der Waals surface area contributed by atoms with Crippen LogP contribution >= 0.6 is 0 Å². The Hall–Kier alpha value is -2.66. The van der Waals surface area contributed by atoms with Gasteiger partial charge in [0.05, 0.1) is 11.5 Å². The average molecular weight is 458 g/mol. The molecule has 0 aliphatic carbocycles. The Balaban J connectivity index is 2.82. The highest BCUT2D eigenvalue weighted by molar-refractivity contribution is 7.90. The number of anilines is 1. The first-order valence-electron chi connectivity index (χ1n) is 8.33. The van der Waals surface area contributed by atoms with E-state index in [1.54, 1.807) is 12.1 Å². The summed E-state index contributed by atoms with van der Waals surface area (Å²) in [5, 5.41) is 18.1. The molecule has 1 aromatic heterocycles. The number of rotatable bonds is 9. The second kappa shape index (κ2) is 9.90. The van der Waals surface area contributed by atoms with E-state index in [-0.39, 0.29) is 40.8 Å². The van der Waals surface area contributed by atoms with Gasteiger partial charge in [0.15, 0.2) is 5.84 Å². The molecular weight excluding hydrogens is 434 g/mol. The van der Waals surface area contributed by atoms with Gasteiger partial charge in [-0.1, -0.05) is 6.07 Å². The molecule has 13 N–H and O–H groups in total. The number of aromatic nitrogens is 1. The lowest BCUT2D eigenvalue weighted by molar-refractivity contribution is 0.266. The third kappa shape index (κ3) is 5.28. The molecule has 13 nitrogen and oxygen atoms in total. The fourth-order valence-corrected chi connectivity index (χ4v) is 4.97. The van der Waals surface area contributed by atoms with Crippen LogP contribution < -0.4 is 38.4 Å². The zero-order chi connectivity index (χ0) is 22.5. The number of nitrogens with two attached hydrogens (primary N) is 5. The van der Waals surface area contributed by atoms with Crippen LogP contribution in [0.5, 0.6) is 0 Å². The zero-order valence-corrected chi connectivity index (χ0v) is 17.3. The number of amidine groups is 1. The number of hydrazine groups is 1. The van der Waals surface area contributed by atoms with Crippen molar-refractivity contribution >= 4 is 32.7 Å². The first kappa shape index (κ1) is 23.6. The molecule has 1 aromatic carbocycles. The Kier molecular flexibility index (Phi) is 7.79. The molecule has 0 bridgehead atoms. The van der Waals surface area contributed by atoms with Crippen molar-refractivity contribution in [1.82, 2.24) is 15.2 Å². The summed E-state index contributed by atoms with van der Waals surface area (Å²) >= 11 is 0. The van der Waals surface area contributed by atoms with Gasteiger partial charge in [-0.2, -0.15) is 0 Å². The molecule has 0 saturated carbocycles. The minimum atomic E-state index is -4.46. The van der Waals surface area contributed by atoms with E-state index < -0.39 is 31.9 Å². The van der Waals surface area contributed by atoms with E-state index in [9.17, 15) is 12.6 Å². The van der Waals surface area contributed by atoms with Gasteiger partial charge in [-0.3, -0.25) is 0 Å². The number of nitrogens with zero attached hydrogens (tertiary/aromatic N) is 2. The number of sulfonamides is 1. The lowest BCUT2D eigenvalue weighted by Crippen LogP contribution is -2.38. The molecule has 0 aliphatic rings. The second-order valence-corrected chi connectivity index (χ2v) is 8.75. The minimum Gasteiger partial charge on any atom is -0.395 e. The maximum Gasteiger partial charge on any atom is 0.240 e. The van der Waals surface area contributed by atoms with Crippen molar-refractivity contribution < 1.29 is 17.7 Å². The van der Waals surface area contributed by atoms with Crippen molar-refractivity contribution in [3.05, 3.63) is 36.0 Å². The summed E-state index contributed by atoms with van der Waals surface area (Å²) < 4.78 is 40.3. The molecule has 0 amide bonds. The zero-order valence-electron chi connectivity index (χ0n) is 15.6. The predicted molar refractivity (Wildman–Crippen MR) is 113 cm³/mol. The van der Waals surface area contributed by atoms with Crippen molar-refractivity contribution in [2.24, 2.45) is 27.6 Å². The van der Waals surface area contributed by atoms with Crippen LogP contribution in [0.2, 0.25) is 0 Å². The summed E-state index contributed by atoms with van der Waals surface area (Å²) in [6, 6.07) is 5.21. The van der Waals surface area contributed by atoms with Crippen LogP contribution in [-0.4, -0.2) is 47.7 Å². The fraction of sp³-hybridized carbons (Fsp3) is 0.200. The minimum absolute atomic E-state index is 0.0618. The summed E-state index contributed by atoms with van der Waals surface area (Å²) in [4.78, 5) is 3.24. The number of nitrogen functional groups attached to an aromatic ring is 1. The summed E-state index contributed by atoms with van der Waals surface area (Å²) in [7, 11) is -6.54. The van der Waals surface area contributed by atoms with Crippen molar-refractivity contribution in [2.75, 3.05) is 18.9 Å². The molecular formula is C15H23N9O4S2. The summed E-state index contributed by atoms with van der Waals surface area (Å²) in [6.45, 7) is -0.424. The summed E-state index contributed by atoms with van der Waals surface area (Å²) in [5.74, 6) is 4.94. The van der Waals surface area contributed by atoms with Gasteiger partial charge in [-0.15, -0.1) is 5.10 Å². The third-order valence-electron chi connectivity index (χ3n) is 3.89. The van der Waals surface area contributed by atoms with E-state index in [0.29, 0.717) is 5.56 Å². The van der Waals surface area contributed by atoms with Crippen LogP contribution in [0.1, 0.15) is 5.56 Å². The van der Waals surface area contributed by atoms with Gasteiger partial charge >= 0.3 is 0 Å². The number of nitrogens with one attached hydrogen (secondary N) is 2. The fourth-order valence-electron chi connectivity index (χ4n) is 2.57. The number of hydrogen-bond acceptors (Lipinski definition) is 10. The Labute approximate surface area is 175 Å². The van der Waals surface area contributed by atoms with E-state index in [4.69, 9.17) is 33.3 Å². The van der Waals surface area contributed by atoms with Gasteiger partial charge in [0.25, 0.3) is 0 Å². The van der Waals surface area contributed by atoms with Crippen LogP contribution in [-0.2, 0) is 21.0 Å². The topological polar surface area (TPSA) is 251 Å². The van der Waals surface area contributed by atoms with Crippen molar-refractivity contribution in [1.29, 1.82) is 0 Å². The number of pyridine rings is 1. The molecule has 2 aromatic rings.